The quantitative estimate of drug-likeness (QED) is 0.471. The van der Waals surface area contributed by atoms with Gasteiger partial charge in [-0.1, -0.05) is 6.07 Å². The van der Waals surface area contributed by atoms with E-state index in [1.165, 1.54) is 18.4 Å². The summed E-state index contributed by atoms with van der Waals surface area (Å²) < 4.78 is 46.4. The lowest BCUT2D eigenvalue weighted by Crippen LogP contribution is -2.30. The molecule has 0 bridgehead atoms. The molecule has 10 nitrogen and oxygen atoms in total. The molecule has 1 saturated heterocycles. The standard InChI is InChI=1S/C26H30F2N6O4S/c1-17-21(18-13-30-33(2)15-18)14-29-24(34-10-5-8-26(27,28)9-11-34)23(17)25(37)31-19-6-4-7-20(12-19)39(3,38)32-22(36)16-35/h4,6-7,12-15,35H,5,8-11,16H2,1-3H3,(H,31,37). The average Bonchev–Trinajstić information content (AvgIpc) is 3.22. The van der Waals surface area contributed by atoms with Gasteiger partial charge in [0.15, 0.2) is 0 Å². The van der Waals surface area contributed by atoms with E-state index in [2.05, 4.69) is 19.8 Å². The Balaban J connectivity index is 1.75. The van der Waals surface area contributed by atoms with E-state index in [4.69, 9.17) is 5.11 Å². The normalized spacial score (nSPS) is 16.7. The third-order valence-corrected chi connectivity index (χ3v) is 8.20. The van der Waals surface area contributed by atoms with E-state index >= 15 is 0 Å². The summed E-state index contributed by atoms with van der Waals surface area (Å²) in [5.74, 6) is -3.93. The number of carbonyl (C=O) groups excluding carboxylic acids is 2. The summed E-state index contributed by atoms with van der Waals surface area (Å²) in [6.45, 7) is 1.26. The van der Waals surface area contributed by atoms with Gasteiger partial charge in [-0.2, -0.15) is 9.46 Å². The number of aliphatic hydroxyl groups is 1. The Bertz CT molecular complexity index is 1530. The van der Waals surface area contributed by atoms with Crippen LogP contribution in [0, 0.1) is 6.92 Å². The summed E-state index contributed by atoms with van der Waals surface area (Å²) >= 11 is 0. The second-order valence-electron chi connectivity index (χ2n) is 9.52. The van der Waals surface area contributed by atoms with Crippen molar-refractivity contribution < 1.29 is 27.7 Å². The molecule has 0 radical (unpaired) electrons. The molecular weight excluding hydrogens is 530 g/mol. The fourth-order valence-electron chi connectivity index (χ4n) is 4.51. The summed E-state index contributed by atoms with van der Waals surface area (Å²) in [5.41, 5.74) is 2.53. The molecule has 13 heteroatoms. The molecule has 208 valence electrons. The highest BCUT2D eigenvalue weighted by atomic mass is 32.2. The minimum Gasteiger partial charge on any atom is -0.386 e. The maximum Gasteiger partial charge on any atom is 0.279 e. The van der Waals surface area contributed by atoms with Gasteiger partial charge in [0.05, 0.1) is 21.5 Å². The molecule has 0 spiro atoms. The van der Waals surface area contributed by atoms with Gasteiger partial charge in [0, 0.05) is 73.3 Å². The lowest BCUT2D eigenvalue weighted by atomic mass is 9.99. The molecule has 3 heterocycles. The first-order chi connectivity index (χ1) is 18.4. The molecule has 1 fully saturated rings. The van der Waals surface area contributed by atoms with Crippen LogP contribution in [0.1, 0.15) is 35.2 Å². The topological polar surface area (TPSA) is 130 Å². The highest BCUT2D eigenvalue weighted by molar-refractivity contribution is 7.93. The predicted molar refractivity (Wildman–Crippen MR) is 143 cm³/mol. The van der Waals surface area contributed by atoms with Crippen LogP contribution in [0.4, 0.5) is 20.3 Å². The Morgan fingerprint density at radius 2 is 2.00 bits per heavy atom. The van der Waals surface area contributed by atoms with Crippen molar-refractivity contribution in [3.05, 3.63) is 54.0 Å². The van der Waals surface area contributed by atoms with Gasteiger partial charge in [0.25, 0.3) is 11.8 Å². The van der Waals surface area contributed by atoms with Crippen molar-refractivity contribution in [1.82, 2.24) is 14.8 Å². The molecule has 2 aromatic heterocycles. The minimum absolute atomic E-state index is 0.0414. The number of pyridine rings is 1. The summed E-state index contributed by atoms with van der Waals surface area (Å²) in [6.07, 6.45) is 6.00. The van der Waals surface area contributed by atoms with Gasteiger partial charge in [-0.15, -0.1) is 0 Å². The number of hydrogen-bond donors (Lipinski definition) is 2. The van der Waals surface area contributed by atoms with E-state index in [9.17, 15) is 22.6 Å². The van der Waals surface area contributed by atoms with E-state index in [0.717, 1.165) is 5.56 Å². The zero-order chi connectivity index (χ0) is 28.4. The molecule has 1 aliphatic heterocycles. The molecular formula is C26H30F2N6O4S. The monoisotopic (exact) mass is 560 g/mol. The number of rotatable bonds is 6. The average molecular weight is 561 g/mol. The zero-order valence-corrected chi connectivity index (χ0v) is 22.7. The molecule has 2 N–H and O–H groups in total. The predicted octanol–water partition coefficient (Wildman–Crippen LogP) is 3.64. The molecule has 0 saturated carbocycles. The van der Waals surface area contributed by atoms with E-state index in [1.807, 2.05) is 0 Å². The number of halogens is 2. The largest absolute Gasteiger partial charge is 0.386 e. The molecule has 2 amide bonds. The van der Waals surface area contributed by atoms with Crippen molar-refractivity contribution in [3.8, 4) is 11.1 Å². The molecule has 1 aromatic carbocycles. The number of nitrogens with one attached hydrogen (secondary N) is 1. The highest BCUT2D eigenvalue weighted by Gasteiger charge is 2.33. The number of amides is 2. The van der Waals surface area contributed by atoms with Crippen LogP contribution in [0.2, 0.25) is 0 Å². The highest BCUT2D eigenvalue weighted by Crippen LogP contribution is 2.34. The fraction of sp³-hybridized carbons (Fsp3) is 0.385. The van der Waals surface area contributed by atoms with Gasteiger partial charge in [-0.3, -0.25) is 14.3 Å². The Kier molecular flexibility index (Phi) is 8.12. The Hall–Kier alpha value is -3.71. The van der Waals surface area contributed by atoms with Gasteiger partial charge in [-0.05, 0) is 37.1 Å². The molecule has 39 heavy (non-hydrogen) atoms. The van der Waals surface area contributed by atoms with Crippen molar-refractivity contribution in [1.29, 1.82) is 0 Å². The van der Waals surface area contributed by atoms with Crippen LogP contribution in [0.5, 0.6) is 0 Å². The van der Waals surface area contributed by atoms with Gasteiger partial charge in [0.2, 0.25) is 5.92 Å². The van der Waals surface area contributed by atoms with Crippen molar-refractivity contribution >= 4 is 33.0 Å². The number of nitrogens with zero attached hydrogens (tertiary/aromatic N) is 5. The van der Waals surface area contributed by atoms with Gasteiger partial charge >= 0.3 is 0 Å². The number of aromatic nitrogens is 3. The smallest absolute Gasteiger partial charge is 0.279 e. The second kappa shape index (κ2) is 11.2. The maximum atomic E-state index is 14.1. The summed E-state index contributed by atoms with van der Waals surface area (Å²) in [5, 5.41) is 16.0. The van der Waals surface area contributed by atoms with Gasteiger partial charge in [-0.25, -0.2) is 18.0 Å². The maximum absolute atomic E-state index is 14.1. The summed E-state index contributed by atoms with van der Waals surface area (Å²) in [6, 6.07) is 6.09. The van der Waals surface area contributed by atoms with Crippen LogP contribution in [0.25, 0.3) is 11.1 Å². The van der Waals surface area contributed by atoms with Crippen LogP contribution in [0.3, 0.4) is 0 Å². The molecule has 1 aliphatic rings. The number of hydrogen-bond acceptors (Lipinski definition) is 7. The Labute approximate surface area is 225 Å². The van der Waals surface area contributed by atoms with Crippen LogP contribution in [0.15, 0.2) is 52.1 Å². The molecule has 1 unspecified atom stereocenters. The van der Waals surface area contributed by atoms with Crippen LogP contribution in [-0.4, -0.2) is 67.8 Å². The van der Waals surface area contributed by atoms with Crippen LogP contribution in [-0.2, 0) is 21.6 Å². The first-order valence-electron chi connectivity index (χ1n) is 12.3. The minimum atomic E-state index is -3.17. The molecule has 4 rings (SSSR count). The number of benzene rings is 1. The lowest BCUT2D eigenvalue weighted by Gasteiger charge is -2.26. The third kappa shape index (κ3) is 6.48. The fourth-order valence-corrected chi connectivity index (χ4v) is 5.74. The van der Waals surface area contributed by atoms with E-state index in [0.29, 0.717) is 29.2 Å². The first kappa shape index (κ1) is 28.3. The Morgan fingerprint density at radius 1 is 1.23 bits per heavy atom. The summed E-state index contributed by atoms with van der Waals surface area (Å²) in [4.78, 5) is 31.8. The van der Waals surface area contributed by atoms with Crippen molar-refractivity contribution in [2.45, 2.75) is 37.0 Å². The van der Waals surface area contributed by atoms with Crippen LogP contribution < -0.4 is 10.2 Å². The Morgan fingerprint density at radius 3 is 2.69 bits per heavy atom. The van der Waals surface area contributed by atoms with Crippen LogP contribution >= 0.6 is 0 Å². The number of anilines is 2. The second-order valence-corrected chi connectivity index (χ2v) is 11.8. The summed E-state index contributed by atoms with van der Waals surface area (Å²) in [7, 11) is -1.40. The molecule has 3 aromatic rings. The van der Waals surface area contributed by atoms with E-state index in [-0.39, 0.29) is 36.3 Å². The zero-order valence-electron chi connectivity index (χ0n) is 21.9. The number of alkyl halides is 2. The van der Waals surface area contributed by atoms with E-state index < -0.39 is 34.1 Å². The SMILES string of the molecule is Cc1c(-c2cnn(C)c2)cnc(N2CCCC(F)(F)CC2)c1C(=O)Nc1cccc(S(C)(=O)=NC(=O)CO)c1. The van der Waals surface area contributed by atoms with Crippen molar-refractivity contribution in [2.24, 2.45) is 11.4 Å². The van der Waals surface area contributed by atoms with Crippen molar-refractivity contribution in [3.63, 3.8) is 0 Å². The number of carbonyl (C=O) groups is 2. The lowest BCUT2D eigenvalue weighted by molar-refractivity contribution is -0.120. The van der Waals surface area contributed by atoms with Crippen molar-refractivity contribution in [2.75, 3.05) is 36.2 Å². The van der Waals surface area contributed by atoms with Gasteiger partial charge < -0.3 is 15.3 Å². The van der Waals surface area contributed by atoms with Gasteiger partial charge in [0.1, 0.15) is 12.4 Å². The number of aliphatic hydroxyl groups excluding tert-OH is 1. The molecule has 0 aliphatic carbocycles. The first-order valence-corrected chi connectivity index (χ1v) is 14.2. The number of aryl methyl sites for hydroxylation is 1. The third-order valence-electron chi connectivity index (χ3n) is 6.52. The molecule has 1 atom stereocenters. The van der Waals surface area contributed by atoms with E-state index in [1.54, 1.807) is 54.3 Å².